The third-order valence-electron chi connectivity index (χ3n) is 16.1. The van der Waals surface area contributed by atoms with Gasteiger partial charge in [0.15, 0.2) is 0 Å². The molecule has 0 saturated carbocycles. The number of nitrogens with one attached hydrogen (secondary N) is 4. The summed E-state index contributed by atoms with van der Waals surface area (Å²) < 4.78 is 52.8. The summed E-state index contributed by atoms with van der Waals surface area (Å²) in [5, 5.41) is 36.1. The van der Waals surface area contributed by atoms with Crippen molar-refractivity contribution in [2.75, 3.05) is 178 Å². The number of carboxylic acid groups (broad SMARTS) is 3. The van der Waals surface area contributed by atoms with Gasteiger partial charge in [-0.2, -0.15) is 0 Å². The predicted molar refractivity (Wildman–Crippen MR) is 406 cm³/mol. The number of ketones is 6. The number of amides is 10. The fourth-order valence-electron chi connectivity index (χ4n) is 9.76. The molecular weight excluding hydrogens is 1530 g/mol. The van der Waals surface area contributed by atoms with Gasteiger partial charge in [0.25, 0.3) is 35.4 Å². The Morgan fingerprint density at radius 3 is 0.569 bits per heavy atom. The summed E-state index contributed by atoms with van der Waals surface area (Å²) in [6.45, 7) is 6.58. The summed E-state index contributed by atoms with van der Waals surface area (Å²) in [6, 6.07) is 0. The largest absolute Gasteiger partial charge is 0.481 e. The summed E-state index contributed by atoms with van der Waals surface area (Å²) in [7, 11) is 0. The van der Waals surface area contributed by atoms with Crippen LogP contribution < -0.4 is 21.3 Å². The van der Waals surface area contributed by atoms with Gasteiger partial charge >= 0.3 is 17.9 Å². The van der Waals surface area contributed by atoms with E-state index < -0.39 is 53.4 Å². The van der Waals surface area contributed by atoms with Gasteiger partial charge in [-0.1, -0.05) is 0 Å². The van der Waals surface area contributed by atoms with Gasteiger partial charge in [0, 0.05) is 225 Å². The van der Waals surface area contributed by atoms with E-state index in [0.29, 0.717) is 124 Å². The third kappa shape index (κ3) is 61.9. The van der Waals surface area contributed by atoms with Crippen molar-refractivity contribution in [3.63, 3.8) is 0 Å². The van der Waals surface area contributed by atoms with Crippen LogP contribution in [0.2, 0.25) is 0 Å². The van der Waals surface area contributed by atoms with E-state index in [1.54, 1.807) is 0 Å². The lowest BCUT2D eigenvalue weighted by Gasteiger charge is -2.12. The molecule has 0 aromatic carbocycles. The van der Waals surface area contributed by atoms with Crippen molar-refractivity contribution >= 4 is 112 Å². The zero-order valence-corrected chi connectivity index (χ0v) is 66.3. The monoisotopic (exact) mass is 1650 g/mol. The highest BCUT2D eigenvalue weighted by atomic mass is 16.5. The van der Waals surface area contributed by atoms with E-state index in [1.165, 1.54) is 36.5 Å². The molecule has 0 aromatic heterocycles. The number of carbonyl (C=O) groups is 19. The van der Waals surface area contributed by atoms with Crippen molar-refractivity contribution in [1.82, 2.24) is 36.0 Å². The predicted octanol–water partition coefficient (Wildman–Crippen LogP) is 0.786. The standard InChI is InChI=1S/C29H45N3O12.2C24H36N2O10/c33-23(7-14-32-27(37)5-6-28(32)38)3-1-15-41-18-9-25(35)30-12-21-43-17-8-24(34)4-2-16-42-19-10-26(36)31-13-22-44-20-11-29(39)40;2*27-19(7-12-26-22(30)5-6-23(26)31)3-1-13-34-16-9-21(29)25-11-18-36-15-8-20(28)4-2-14-35-17-10-24(32)33/h5-6H,1-4,7-22H2,(H,30,35)(H,31,36)(H,39,40);2*5-6H,1-4,7-18H2,(H,25,29)(H,32,33). The third-order valence-corrected chi connectivity index (χ3v) is 16.1. The lowest BCUT2D eigenvalue weighted by atomic mass is 10.1. The fourth-order valence-corrected chi connectivity index (χ4v) is 9.76. The number of rotatable bonds is 75. The number of hydrogen-bond acceptors (Lipinski definition) is 29. The molecule has 0 aromatic rings. The molecule has 7 N–H and O–H groups in total. The second-order valence-corrected chi connectivity index (χ2v) is 25.8. The normalized spacial score (nSPS) is 12.7. The Morgan fingerprint density at radius 1 is 0.216 bits per heavy atom. The number of imide groups is 3. The molecule has 3 heterocycles. The zero-order valence-electron chi connectivity index (χ0n) is 66.3. The first-order valence-electron chi connectivity index (χ1n) is 39.0. The topological polar surface area (TPSA) is 535 Å². The molecule has 0 radical (unpaired) electrons. The van der Waals surface area contributed by atoms with E-state index in [-0.39, 0.29) is 273 Å². The first-order valence-corrected chi connectivity index (χ1v) is 39.0. The Bertz CT molecular complexity index is 2990. The van der Waals surface area contributed by atoms with E-state index in [1.807, 2.05) is 0 Å². The highest BCUT2D eigenvalue weighted by molar-refractivity contribution is 6.14. The lowest BCUT2D eigenvalue weighted by Crippen LogP contribution is -2.32. The molecule has 652 valence electrons. The van der Waals surface area contributed by atoms with E-state index >= 15 is 0 Å². The van der Waals surface area contributed by atoms with Crippen molar-refractivity contribution in [2.45, 2.75) is 161 Å². The van der Waals surface area contributed by atoms with Crippen molar-refractivity contribution in [3.8, 4) is 0 Å². The quantitative estimate of drug-likeness (QED) is 0.0327. The van der Waals surface area contributed by atoms with E-state index in [4.69, 9.17) is 62.7 Å². The molecule has 3 aliphatic heterocycles. The molecular formula is C77H117N7O32. The molecule has 0 spiro atoms. The van der Waals surface area contributed by atoms with Crippen LogP contribution in [-0.2, 0) is 138 Å². The molecule has 0 aliphatic carbocycles. The van der Waals surface area contributed by atoms with E-state index in [9.17, 15) is 91.1 Å². The summed E-state index contributed by atoms with van der Waals surface area (Å²) in [6.07, 6.45) is 13.6. The molecule has 0 unspecified atom stereocenters. The van der Waals surface area contributed by atoms with Crippen LogP contribution in [0.1, 0.15) is 161 Å². The average molecular weight is 1650 g/mol. The number of carboxylic acids is 3. The highest BCUT2D eigenvalue weighted by Gasteiger charge is 2.26. The van der Waals surface area contributed by atoms with Crippen LogP contribution in [-0.4, -0.2) is 320 Å². The molecule has 39 nitrogen and oxygen atoms in total. The highest BCUT2D eigenvalue weighted by Crippen LogP contribution is 2.11. The van der Waals surface area contributed by atoms with Crippen LogP contribution in [0.25, 0.3) is 0 Å². The smallest absolute Gasteiger partial charge is 0.305 e. The molecule has 3 rings (SSSR count). The zero-order chi connectivity index (χ0) is 85.6. The van der Waals surface area contributed by atoms with Gasteiger partial charge in [-0.05, 0) is 38.5 Å². The van der Waals surface area contributed by atoms with E-state index in [2.05, 4.69) is 21.3 Å². The Kier molecular flexibility index (Phi) is 62.9. The summed E-state index contributed by atoms with van der Waals surface area (Å²) in [5.41, 5.74) is 0. The van der Waals surface area contributed by atoms with Crippen LogP contribution in [0.15, 0.2) is 36.5 Å². The lowest BCUT2D eigenvalue weighted by molar-refractivity contribution is -0.139. The maximum atomic E-state index is 11.9. The van der Waals surface area contributed by atoms with Gasteiger partial charge in [0.1, 0.15) is 34.7 Å². The molecule has 0 fully saturated rings. The van der Waals surface area contributed by atoms with Gasteiger partial charge in [0.05, 0.1) is 112 Å². The van der Waals surface area contributed by atoms with Crippen LogP contribution in [0, 0.1) is 0 Å². The minimum Gasteiger partial charge on any atom is -0.481 e. The molecule has 0 atom stereocenters. The molecule has 39 heteroatoms. The molecule has 3 aliphatic rings. The van der Waals surface area contributed by atoms with Gasteiger partial charge in [-0.3, -0.25) is 106 Å². The first-order chi connectivity index (χ1) is 55.8. The van der Waals surface area contributed by atoms with Crippen LogP contribution in [0.4, 0.5) is 0 Å². The Morgan fingerprint density at radius 2 is 0.379 bits per heavy atom. The maximum Gasteiger partial charge on any atom is 0.305 e. The Balaban J connectivity index is 0.000000876. The summed E-state index contributed by atoms with van der Waals surface area (Å²) in [4.78, 5) is 221. The van der Waals surface area contributed by atoms with Crippen LogP contribution in [0.3, 0.4) is 0 Å². The summed E-state index contributed by atoms with van der Waals surface area (Å²) >= 11 is 0. The van der Waals surface area contributed by atoms with Gasteiger partial charge < -0.3 is 84.0 Å². The fraction of sp³-hybridized carbons (Fsp3) is 0.675. The van der Waals surface area contributed by atoms with E-state index in [0.717, 1.165) is 14.7 Å². The SMILES string of the molecule is O=C(O)CCOCCCC(=O)CCOCCNC(=O)CCOCCCC(=O)CCN1C(=O)C=CC1=O.O=C(O)CCOCCCC(=O)CCOCCNC(=O)CCOCCCC(=O)CCN1C(=O)C=CC1=O.O=C(O)CCOCCNC(=O)CCOCCCC(=O)CCOCCNC(=O)CCOCCCC(=O)CCN1C(=O)C=CC1=O. The van der Waals surface area contributed by atoms with Crippen molar-refractivity contribution < 1.29 is 154 Å². The summed E-state index contributed by atoms with van der Waals surface area (Å²) in [5.74, 6) is -6.06. The first kappa shape index (κ1) is 105. The van der Waals surface area contributed by atoms with Gasteiger partial charge in [-0.15, -0.1) is 0 Å². The van der Waals surface area contributed by atoms with Gasteiger partial charge in [0.2, 0.25) is 23.6 Å². The van der Waals surface area contributed by atoms with Crippen LogP contribution in [0.5, 0.6) is 0 Å². The van der Waals surface area contributed by atoms with Crippen molar-refractivity contribution in [2.24, 2.45) is 0 Å². The number of ether oxygens (including phenoxy) is 10. The Hall–Kier alpha value is -9.45. The number of carbonyl (C=O) groups excluding carboxylic acids is 16. The number of nitrogens with zero attached hydrogens (tertiary/aromatic N) is 3. The van der Waals surface area contributed by atoms with Crippen LogP contribution >= 0.6 is 0 Å². The molecule has 0 bridgehead atoms. The Labute approximate surface area is 673 Å². The average Bonchev–Trinajstić information content (AvgIpc) is 1.75. The van der Waals surface area contributed by atoms with Crippen molar-refractivity contribution in [1.29, 1.82) is 0 Å². The second kappa shape index (κ2) is 69.8. The molecule has 116 heavy (non-hydrogen) atoms. The van der Waals surface area contributed by atoms with Gasteiger partial charge in [-0.25, -0.2) is 0 Å². The minimum atomic E-state index is -0.938. The molecule has 0 saturated heterocycles. The molecule has 10 amide bonds. The number of aliphatic carboxylic acids is 3. The maximum absolute atomic E-state index is 11.9. The number of Topliss-reactive ketones (excluding diaryl/α,β-unsaturated/α-hetero) is 6. The second-order valence-electron chi connectivity index (χ2n) is 25.8. The van der Waals surface area contributed by atoms with Crippen molar-refractivity contribution in [3.05, 3.63) is 36.5 Å². The minimum absolute atomic E-state index is 0.0335. The number of hydrogen-bond donors (Lipinski definition) is 7.